The molecular weight excluding hydrogens is 269 g/mol. The second-order valence-electron chi connectivity index (χ2n) is 4.80. The van der Waals surface area contributed by atoms with E-state index in [0.717, 1.165) is 0 Å². The van der Waals surface area contributed by atoms with Crippen molar-refractivity contribution in [1.82, 2.24) is 5.32 Å². The number of nitrogens with one attached hydrogen (secondary N) is 1. The molecule has 2 N–H and O–H groups in total. The molecule has 1 rings (SSSR count). The van der Waals surface area contributed by atoms with Crippen LogP contribution in [0.25, 0.3) is 0 Å². The minimum absolute atomic E-state index is 0.00603. The molecule has 1 aromatic carbocycles. The van der Waals surface area contributed by atoms with Crippen LogP contribution >= 0.6 is 12.6 Å². The van der Waals surface area contributed by atoms with Gasteiger partial charge in [0.05, 0.1) is 6.42 Å². The summed E-state index contributed by atoms with van der Waals surface area (Å²) >= 11 is 4.16. The van der Waals surface area contributed by atoms with Crippen molar-refractivity contribution in [2.24, 2.45) is 0 Å². The van der Waals surface area contributed by atoms with E-state index < -0.39 is 22.7 Å². The number of thiol groups is 1. The Kier molecular flexibility index (Phi) is 4.94. The zero-order valence-electron chi connectivity index (χ0n) is 10.7. The van der Waals surface area contributed by atoms with Crippen LogP contribution in [0.15, 0.2) is 24.3 Å². The van der Waals surface area contributed by atoms with E-state index in [2.05, 4.69) is 17.9 Å². The number of amides is 1. The van der Waals surface area contributed by atoms with E-state index >= 15 is 0 Å². The van der Waals surface area contributed by atoms with E-state index in [4.69, 9.17) is 5.11 Å². The van der Waals surface area contributed by atoms with E-state index in [1.54, 1.807) is 13.8 Å². The highest BCUT2D eigenvalue weighted by Crippen LogP contribution is 2.18. The predicted octanol–water partition coefficient (Wildman–Crippen LogP) is 1.65. The average Bonchev–Trinajstić information content (AvgIpc) is 2.27. The third kappa shape index (κ3) is 4.90. The van der Waals surface area contributed by atoms with Crippen molar-refractivity contribution in [2.75, 3.05) is 0 Å². The normalized spacial score (nSPS) is 12.8. The number of carboxylic acid groups (broad SMARTS) is 1. The number of rotatable bonds is 5. The summed E-state index contributed by atoms with van der Waals surface area (Å²) in [6.45, 7) is 3.21. The van der Waals surface area contributed by atoms with Crippen LogP contribution in [0, 0.1) is 5.82 Å². The van der Waals surface area contributed by atoms with Crippen LogP contribution in [0.5, 0.6) is 0 Å². The zero-order chi connectivity index (χ0) is 14.6. The molecule has 0 aliphatic carbocycles. The summed E-state index contributed by atoms with van der Waals surface area (Å²) in [6.07, 6.45) is -0.00603. The van der Waals surface area contributed by atoms with Crippen LogP contribution in [0.1, 0.15) is 19.4 Å². The molecule has 0 fully saturated rings. The SMILES string of the molecule is CC(C)(S)[C@@H](NC(=O)Cc1ccc(F)cc1)C(=O)O. The molecule has 1 aromatic rings. The number of aliphatic carboxylic acids is 1. The van der Waals surface area contributed by atoms with Gasteiger partial charge in [0.15, 0.2) is 0 Å². The van der Waals surface area contributed by atoms with E-state index in [9.17, 15) is 14.0 Å². The van der Waals surface area contributed by atoms with Gasteiger partial charge in [0, 0.05) is 4.75 Å². The molecule has 0 radical (unpaired) electrons. The minimum atomic E-state index is -1.15. The predicted molar refractivity (Wildman–Crippen MR) is 72.7 cm³/mol. The number of hydrogen-bond donors (Lipinski definition) is 3. The molecule has 104 valence electrons. The maximum atomic E-state index is 12.7. The topological polar surface area (TPSA) is 66.4 Å². The van der Waals surface area contributed by atoms with Gasteiger partial charge in [0.25, 0.3) is 0 Å². The summed E-state index contributed by atoms with van der Waals surface area (Å²) in [6, 6.07) is 4.37. The highest BCUT2D eigenvalue weighted by atomic mass is 32.1. The second-order valence-corrected chi connectivity index (χ2v) is 5.95. The summed E-state index contributed by atoms with van der Waals surface area (Å²) in [5.41, 5.74) is 0.611. The molecule has 0 heterocycles. The molecule has 0 aromatic heterocycles. The largest absolute Gasteiger partial charge is 0.480 e. The first-order valence-corrected chi connectivity index (χ1v) is 6.14. The summed E-state index contributed by atoms with van der Waals surface area (Å²) < 4.78 is 11.8. The van der Waals surface area contributed by atoms with Crippen LogP contribution in [-0.4, -0.2) is 27.8 Å². The maximum absolute atomic E-state index is 12.7. The van der Waals surface area contributed by atoms with Crippen molar-refractivity contribution in [1.29, 1.82) is 0 Å². The third-order valence-corrected chi connectivity index (χ3v) is 2.79. The summed E-state index contributed by atoms with van der Waals surface area (Å²) in [5, 5.41) is 11.5. The van der Waals surface area contributed by atoms with Gasteiger partial charge < -0.3 is 10.4 Å². The van der Waals surface area contributed by atoms with Gasteiger partial charge in [-0.3, -0.25) is 4.79 Å². The number of carbonyl (C=O) groups excluding carboxylic acids is 1. The first-order chi connectivity index (χ1) is 8.70. The number of benzene rings is 1. The van der Waals surface area contributed by atoms with Crippen molar-refractivity contribution in [3.63, 3.8) is 0 Å². The molecule has 6 heteroatoms. The lowest BCUT2D eigenvalue weighted by molar-refractivity contribution is -0.142. The van der Waals surface area contributed by atoms with Gasteiger partial charge in [-0.15, -0.1) is 0 Å². The van der Waals surface area contributed by atoms with Crippen molar-refractivity contribution < 1.29 is 19.1 Å². The Hall–Kier alpha value is -1.56. The lowest BCUT2D eigenvalue weighted by atomic mass is 10.0. The van der Waals surface area contributed by atoms with Gasteiger partial charge in [-0.25, -0.2) is 9.18 Å². The minimum Gasteiger partial charge on any atom is -0.480 e. The number of carboxylic acids is 1. The fourth-order valence-corrected chi connectivity index (χ4v) is 1.72. The zero-order valence-corrected chi connectivity index (χ0v) is 11.6. The van der Waals surface area contributed by atoms with Crippen molar-refractivity contribution in [3.8, 4) is 0 Å². The Morgan fingerprint density at radius 1 is 1.37 bits per heavy atom. The van der Waals surface area contributed by atoms with Crippen molar-refractivity contribution >= 4 is 24.5 Å². The average molecular weight is 285 g/mol. The molecule has 19 heavy (non-hydrogen) atoms. The van der Waals surface area contributed by atoms with Crippen LogP contribution < -0.4 is 5.32 Å². The molecule has 0 unspecified atom stereocenters. The highest BCUT2D eigenvalue weighted by Gasteiger charge is 2.33. The number of carbonyl (C=O) groups is 2. The Bertz CT molecular complexity index is 468. The molecule has 1 amide bonds. The Morgan fingerprint density at radius 2 is 1.89 bits per heavy atom. The van der Waals surface area contributed by atoms with Gasteiger partial charge in [-0.05, 0) is 31.5 Å². The molecule has 0 saturated carbocycles. The molecule has 4 nitrogen and oxygen atoms in total. The molecular formula is C13H16FNO3S. The second kappa shape index (κ2) is 6.06. The Morgan fingerprint density at radius 3 is 2.32 bits per heavy atom. The Balaban J connectivity index is 2.68. The lowest BCUT2D eigenvalue weighted by Crippen LogP contribution is -2.51. The van der Waals surface area contributed by atoms with Crippen LogP contribution in [0.2, 0.25) is 0 Å². The van der Waals surface area contributed by atoms with Gasteiger partial charge in [0.1, 0.15) is 11.9 Å². The number of halogens is 1. The maximum Gasteiger partial charge on any atom is 0.327 e. The van der Waals surface area contributed by atoms with Crippen LogP contribution in [0.3, 0.4) is 0 Å². The first-order valence-electron chi connectivity index (χ1n) is 5.69. The smallest absolute Gasteiger partial charge is 0.327 e. The molecule has 0 bridgehead atoms. The summed E-state index contributed by atoms with van der Waals surface area (Å²) in [7, 11) is 0. The van der Waals surface area contributed by atoms with Crippen molar-refractivity contribution in [3.05, 3.63) is 35.6 Å². The van der Waals surface area contributed by atoms with E-state index in [-0.39, 0.29) is 12.2 Å². The van der Waals surface area contributed by atoms with Crippen molar-refractivity contribution in [2.45, 2.75) is 31.1 Å². The molecule has 0 aliphatic heterocycles. The number of hydrogen-bond acceptors (Lipinski definition) is 3. The standard InChI is InChI=1S/C13H16FNO3S/c1-13(2,19)11(12(17)18)15-10(16)7-8-3-5-9(14)6-4-8/h3-6,11,19H,7H2,1-2H3,(H,15,16)(H,17,18)/t11-/m0/s1. The van der Waals surface area contributed by atoms with Crippen LogP contribution in [0.4, 0.5) is 4.39 Å². The van der Waals surface area contributed by atoms with Gasteiger partial charge in [0.2, 0.25) is 5.91 Å². The van der Waals surface area contributed by atoms with Gasteiger partial charge in [-0.2, -0.15) is 12.6 Å². The fourth-order valence-electron chi connectivity index (χ4n) is 1.54. The monoisotopic (exact) mass is 285 g/mol. The molecule has 1 atom stereocenters. The van der Waals surface area contributed by atoms with E-state index in [1.807, 2.05) is 0 Å². The van der Waals surface area contributed by atoms with E-state index in [1.165, 1.54) is 24.3 Å². The summed E-state index contributed by atoms with van der Waals surface area (Å²) in [5.74, 6) is -1.97. The lowest BCUT2D eigenvalue weighted by Gasteiger charge is -2.26. The highest BCUT2D eigenvalue weighted by molar-refractivity contribution is 7.81. The Labute approximate surface area is 116 Å². The quantitative estimate of drug-likeness (QED) is 0.721. The fraction of sp³-hybridized carbons (Fsp3) is 0.385. The first kappa shape index (κ1) is 15.5. The third-order valence-electron chi connectivity index (χ3n) is 2.54. The van der Waals surface area contributed by atoms with Crippen LogP contribution in [-0.2, 0) is 16.0 Å². The van der Waals surface area contributed by atoms with Gasteiger partial charge in [-0.1, -0.05) is 12.1 Å². The van der Waals surface area contributed by atoms with Gasteiger partial charge >= 0.3 is 5.97 Å². The molecule has 0 saturated heterocycles. The molecule has 0 aliphatic rings. The molecule has 0 spiro atoms. The summed E-state index contributed by atoms with van der Waals surface area (Å²) in [4.78, 5) is 22.8. The van der Waals surface area contributed by atoms with E-state index in [0.29, 0.717) is 5.56 Å².